The van der Waals surface area contributed by atoms with Crippen molar-refractivity contribution in [1.29, 1.82) is 0 Å². The second kappa shape index (κ2) is 9.77. The normalized spacial score (nSPS) is 24.9. The first-order chi connectivity index (χ1) is 19.1. The Morgan fingerprint density at radius 2 is 1.92 bits per heavy atom. The van der Waals surface area contributed by atoms with Crippen molar-refractivity contribution in [2.75, 3.05) is 39.5 Å². The van der Waals surface area contributed by atoms with Crippen LogP contribution in [0.2, 0.25) is 0 Å². The van der Waals surface area contributed by atoms with Gasteiger partial charge < -0.3 is 14.8 Å². The summed E-state index contributed by atoms with van der Waals surface area (Å²) in [7, 11) is 0. The van der Waals surface area contributed by atoms with Gasteiger partial charge in [-0.2, -0.15) is 5.10 Å². The quantitative estimate of drug-likeness (QED) is 0.379. The maximum atomic E-state index is 13.1. The molecule has 7 rings (SSSR count). The number of aromatic nitrogens is 4. The maximum Gasteiger partial charge on any atom is 0.272 e. The molecule has 0 atom stereocenters. The average Bonchev–Trinajstić information content (AvgIpc) is 3.34. The Morgan fingerprint density at radius 3 is 2.74 bits per heavy atom. The van der Waals surface area contributed by atoms with Crippen LogP contribution in [0.4, 0.5) is 0 Å². The number of nitrogens with one attached hydrogen (secondary N) is 2. The molecule has 3 aliphatic rings. The summed E-state index contributed by atoms with van der Waals surface area (Å²) in [5, 5.41) is 11.9. The highest BCUT2D eigenvalue weighted by atomic mass is 16.5. The van der Waals surface area contributed by atoms with Crippen LogP contribution in [0.15, 0.2) is 53.6 Å². The first-order valence-electron chi connectivity index (χ1n) is 13.8. The van der Waals surface area contributed by atoms with Gasteiger partial charge in [-0.1, -0.05) is 18.2 Å². The van der Waals surface area contributed by atoms with Gasteiger partial charge >= 0.3 is 0 Å². The Kier molecular flexibility index (Phi) is 6.08. The number of benzene rings is 1. The molecule has 0 unspecified atom stereocenters. The summed E-state index contributed by atoms with van der Waals surface area (Å²) >= 11 is 0. The van der Waals surface area contributed by atoms with Crippen LogP contribution in [0, 0.1) is 5.41 Å². The van der Waals surface area contributed by atoms with E-state index in [9.17, 15) is 9.59 Å². The van der Waals surface area contributed by atoms with Gasteiger partial charge in [-0.25, -0.2) is 10.1 Å². The van der Waals surface area contributed by atoms with Gasteiger partial charge in [0.1, 0.15) is 23.7 Å². The van der Waals surface area contributed by atoms with E-state index in [1.165, 1.54) is 0 Å². The zero-order chi connectivity index (χ0) is 26.4. The highest BCUT2D eigenvalue weighted by molar-refractivity contribution is 5.93. The van der Waals surface area contributed by atoms with Gasteiger partial charge in [0.05, 0.1) is 30.5 Å². The highest BCUT2D eigenvalue weighted by Crippen LogP contribution is 2.62. The molecule has 2 aliphatic carbocycles. The van der Waals surface area contributed by atoms with E-state index in [1.807, 2.05) is 47.0 Å². The molecule has 2 N–H and O–H groups in total. The number of aromatic amines is 1. The standard InChI is InChI=1S/C29H32N6O4/c36-27-23-4-2-1-3-22(23)26(32-33-27)19-14-29(15-19)16-20(17-29)31-28(37)24-18-30-25-13-21(5-6-35(24)25)39-12-9-34-7-10-38-11-8-34/h1-6,13,18-20H,7-12,14-17H2,(H,31,37)(H,33,36). The predicted octanol–water partition coefficient (Wildman–Crippen LogP) is 2.74. The first-order valence-corrected chi connectivity index (χ1v) is 13.8. The fraction of sp³-hybridized carbons (Fsp3) is 0.448. The Bertz CT molecular complexity index is 1580. The lowest BCUT2D eigenvalue weighted by Crippen LogP contribution is -2.55. The third-order valence-corrected chi connectivity index (χ3v) is 8.66. The molecule has 3 aromatic heterocycles. The summed E-state index contributed by atoms with van der Waals surface area (Å²) in [6, 6.07) is 11.6. The molecule has 1 saturated heterocycles. The summed E-state index contributed by atoms with van der Waals surface area (Å²) in [5.74, 6) is 0.985. The summed E-state index contributed by atoms with van der Waals surface area (Å²) in [6.07, 6.45) is 7.48. The number of H-pyrrole nitrogens is 1. The lowest BCUT2D eigenvalue weighted by molar-refractivity contribution is -0.0197. The number of carbonyl (C=O) groups is 1. The van der Waals surface area contributed by atoms with E-state index in [1.54, 1.807) is 6.20 Å². The smallest absolute Gasteiger partial charge is 0.272 e. The number of carbonyl (C=O) groups excluding carboxylic acids is 1. The van der Waals surface area contributed by atoms with Crippen LogP contribution >= 0.6 is 0 Å². The number of morpholine rings is 1. The minimum Gasteiger partial charge on any atom is -0.492 e. The molecule has 2 saturated carbocycles. The fourth-order valence-corrected chi connectivity index (χ4v) is 6.64. The minimum atomic E-state index is -0.144. The van der Waals surface area contributed by atoms with Gasteiger partial charge in [0, 0.05) is 49.2 Å². The lowest BCUT2D eigenvalue weighted by Gasteiger charge is -2.57. The van der Waals surface area contributed by atoms with E-state index in [4.69, 9.17) is 9.47 Å². The molecule has 1 aromatic carbocycles. The molecule has 10 heteroatoms. The Labute approximate surface area is 225 Å². The number of hydrogen-bond donors (Lipinski definition) is 2. The number of rotatable bonds is 7. The van der Waals surface area contributed by atoms with Crippen LogP contribution in [0.3, 0.4) is 0 Å². The Balaban J connectivity index is 0.929. The van der Waals surface area contributed by atoms with Gasteiger partial charge in [-0.3, -0.25) is 18.9 Å². The zero-order valence-corrected chi connectivity index (χ0v) is 21.8. The largest absolute Gasteiger partial charge is 0.492 e. The number of imidazole rings is 1. The van der Waals surface area contributed by atoms with Crippen LogP contribution < -0.4 is 15.6 Å². The van der Waals surface area contributed by atoms with Gasteiger partial charge in [-0.05, 0) is 43.2 Å². The summed E-state index contributed by atoms with van der Waals surface area (Å²) in [5.41, 5.74) is 2.32. The van der Waals surface area contributed by atoms with Crippen LogP contribution in [-0.4, -0.2) is 75.9 Å². The molecule has 1 amide bonds. The van der Waals surface area contributed by atoms with Gasteiger partial charge in [0.15, 0.2) is 0 Å². The molecule has 0 radical (unpaired) electrons. The number of pyridine rings is 1. The molecule has 1 spiro atoms. The number of nitrogens with zero attached hydrogens (tertiary/aromatic N) is 4. The molecule has 39 heavy (non-hydrogen) atoms. The molecule has 202 valence electrons. The molecule has 0 bridgehead atoms. The molecule has 4 aromatic rings. The third-order valence-electron chi connectivity index (χ3n) is 8.66. The van der Waals surface area contributed by atoms with E-state index in [-0.39, 0.29) is 22.9 Å². The number of fused-ring (bicyclic) bond motifs is 2. The minimum absolute atomic E-state index is 0.104. The number of amides is 1. The molecule has 4 heterocycles. The SMILES string of the molecule is O=C(NC1CC2(C1)CC(c1n[nH]c(=O)c3ccccc13)C2)c1cnc2cc(OCCN3CCOCC3)ccn12. The van der Waals surface area contributed by atoms with Crippen molar-refractivity contribution in [2.45, 2.75) is 37.6 Å². The van der Waals surface area contributed by atoms with Crippen molar-refractivity contribution in [2.24, 2.45) is 5.41 Å². The van der Waals surface area contributed by atoms with E-state index in [2.05, 4.69) is 25.4 Å². The van der Waals surface area contributed by atoms with Crippen LogP contribution in [0.25, 0.3) is 16.4 Å². The zero-order valence-electron chi connectivity index (χ0n) is 21.8. The van der Waals surface area contributed by atoms with Gasteiger partial charge in [0.2, 0.25) is 0 Å². The van der Waals surface area contributed by atoms with E-state index in [0.29, 0.717) is 29.3 Å². The molecular weight excluding hydrogens is 496 g/mol. The van der Waals surface area contributed by atoms with Crippen molar-refractivity contribution < 1.29 is 14.3 Å². The lowest BCUT2D eigenvalue weighted by atomic mass is 9.49. The maximum absolute atomic E-state index is 13.1. The predicted molar refractivity (Wildman–Crippen MR) is 145 cm³/mol. The van der Waals surface area contributed by atoms with Crippen molar-refractivity contribution >= 4 is 22.3 Å². The molecular formula is C29H32N6O4. The summed E-state index contributed by atoms with van der Waals surface area (Å²) in [4.78, 5) is 32.0. The molecule has 10 nitrogen and oxygen atoms in total. The second-order valence-electron chi connectivity index (χ2n) is 11.2. The first kappa shape index (κ1) is 24.3. The highest BCUT2D eigenvalue weighted by Gasteiger charge is 2.54. The number of ether oxygens (including phenoxy) is 2. The fourth-order valence-electron chi connectivity index (χ4n) is 6.64. The van der Waals surface area contributed by atoms with Gasteiger partial charge in [0.25, 0.3) is 11.5 Å². The molecule has 1 aliphatic heterocycles. The van der Waals surface area contributed by atoms with Gasteiger partial charge in [-0.15, -0.1) is 0 Å². The van der Waals surface area contributed by atoms with E-state index >= 15 is 0 Å². The number of hydrogen-bond acceptors (Lipinski definition) is 7. The Morgan fingerprint density at radius 1 is 1.13 bits per heavy atom. The topological polar surface area (TPSA) is 114 Å². The monoisotopic (exact) mass is 528 g/mol. The summed E-state index contributed by atoms with van der Waals surface area (Å²) in [6.45, 7) is 4.89. The van der Waals surface area contributed by atoms with Crippen LogP contribution in [0.1, 0.15) is 47.8 Å². The van der Waals surface area contributed by atoms with Crippen LogP contribution in [0.5, 0.6) is 5.75 Å². The van der Waals surface area contributed by atoms with Crippen LogP contribution in [-0.2, 0) is 4.74 Å². The average molecular weight is 529 g/mol. The van der Waals surface area contributed by atoms with E-state index in [0.717, 1.165) is 75.4 Å². The van der Waals surface area contributed by atoms with Crippen molar-refractivity contribution in [1.82, 2.24) is 29.8 Å². The van der Waals surface area contributed by atoms with Crippen molar-refractivity contribution in [3.05, 3.63) is 70.5 Å². The Hall–Kier alpha value is -3.76. The third kappa shape index (κ3) is 4.57. The summed E-state index contributed by atoms with van der Waals surface area (Å²) < 4.78 is 13.1. The van der Waals surface area contributed by atoms with Crippen molar-refractivity contribution in [3.8, 4) is 5.75 Å². The molecule has 3 fully saturated rings. The van der Waals surface area contributed by atoms with Crippen molar-refractivity contribution in [3.63, 3.8) is 0 Å². The van der Waals surface area contributed by atoms with E-state index < -0.39 is 0 Å². The second-order valence-corrected chi connectivity index (χ2v) is 11.2.